The minimum absolute atomic E-state index is 0.0957. The number of rotatable bonds is 50. The topological polar surface area (TPSA) is 117 Å². The van der Waals surface area contributed by atoms with Gasteiger partial charge in [0.05, 0.1) is 19.8 Å². The van der Waals surface area contributed by atoms with Crippen molar-refractivity contribution in [1.29, 1.82) is 0 Å². The Bertz CT molecular complexity index is 1090. The van der Waals surface area contributed by atoms with Gasteiger partial charge in [-0.2, -0.15) is 0 Å². The molecule has 2 atom stereocenters. The highest BCUT2D eigenvalue weighted by molar-refractivity contribution is 7.47. The van der Waals surface area contributed by atoms with Crippen molar-refractivity contribution in [3.8, 4) is 0 Å². The standard InChI is InChI=1S/C53H100NO7P/c1-3-5-7-9-11-13-15-17-19-21-22-23-24-25-26-27-28-29-31-33-35-37-39-41-43-45-48-58-50-52(51-60-62(56,57)59-49-47-54)61-53(55)46-44-42-40-38-36-34-32-30-20-18-16-14-12-10-8-6-4-2/h6,8,12,14,18,20,32,34,52H,3-5,7,9-11,13,15-17,19,21-31,33,35-51,54H2,1-2H3,(H,56,57)/b8-6-,14-12-,20-18-,34-32-. The third kappa shape index (κ3) is 49.5. The molecule has 2 unspecified atom stereocenters. The van der Waals surface area contributed by atoms with E-state index in [1.165, 1.54) is 154 Å². The van der Waals surface area contributed by atoms with Crippen LogP contribution in [0, 0.1) is 0 Å². The summed E-state index contributed by atoms with van der Waals surface area (Å²) in [6, 6.07) is 0. The Morgan fingerprint density at radius 2 is 0.903 bits per heavy atom. The molecule has 0 aromatic heterocycles. The molecule has 0 heterocycles. The average molecular weight is 894 g/mol. The van der Waals surface area contributed by atoms with Crippen molar-refractivity contribution >= 4 is 13.8 Å². The molecule has 0 spiro atoms. The second kappa shape index (κ2) is 50.5. The van der Waals surface area contributed by atoms with Crippen LogP contribution >= 0.6 is 7.82 Å². The Labute approximate surface area is 383 Å². The number of phosphoric acid groups is 1. The molecule has 0 aliphatic rings. The highest BCUT2D eigenvalue weighted by Gasteiger charge is 2.25. The van der Waals surface area contributed by atoms with Gasteiger partial charge in [0, 0.05) is 19.6 Å². The SMILES string of the molecule is CC/C=C\C/C=C\C/C=C\C/C=C\CCCCCCC(=O)OC(COCCCCCCCCCCCCCCCCCCCCCCCCCCCC)COP(=O)(O)OCCN. The molecule has 0 amide bonds. The molecule has 0 aromatic rings. The lowest BCUT2D eigenvalue weighted by Gasteiger charge is -2.20. The number of carbonyl (C=O) groups excluding carboxylic acids is 1. The summed E-state index contributed by atoms with van der Waals surface area (Å²) in [4.78, 5) is 22.6. The van der Waals surface area contributed by atoms with Gasteiger partial charge >= 0.3 is 13.8 Å². The van der Waals surface area contributed by atoms with Gasteiger partial charge in [-0.1, -0.05) is 236 Å². The lowest BCUT2D eigenvalue weighted by Crippen LogP contribution is -2.28. The highest BCUT2D eigenvalue weighted by Crippen LogP contribution is 2.43. The Balaban J connectivity index is 3.89. The Kier molecular flexibility index (Phi) is 49.2. The maximum absolute atomic E-state index is 12.6. The predicted octanol–water partition coefficient (Wildman–Crippen LogP) is 16.3. The molecule has 0 aliphatic carbocycles. The van der Waals surface area contributed by atoms with E-state index in [0.717, 1.165) is 70.6 Å². The number of unbranched alkanes of at least 4 members (excludes halogenated alkanes) is 29. The lowest BCUT2D eigenvalue weighted by molar-refractivity contribution is -0.154. The summed E-state index contributed by atoms with van der Waals surface area (Å²) in [6.45, 7) is 4.81. The first-order chi connectivity index (χ1) is 30.4. The fourth-order valence-corrected chi connectivity index (χ4v) is 8.23. The van der Waals surface area contributed by atoms with Crippen molar-refractivity contribution in [2.75, 3.05) is 33.0 Å². The van der Waals surface area contributed by atoms with Crippen molar-refractivity contribution in [1.82, 2.24) is 0 Å². The van der Waals surface area contributed by atoms with Gasteiger partial charge in [-0.15, -0.1) is 0 Å². The molecule has 3 N–H and O–H groups in total. The third-order valence-corrected chi connectivity index (χ3v) is 12.2. The summed E-state index contributed by atoms with van der Waals surface area (Å²) >= 11 is 0. The van der Waals surface area contributed by atoms with Gasteiger partial charge in [0.1, 0.15) is 6.10 Å². The summed E-state index contributed by atoms with van der Waals surface area (Å²) in [7, 11) is -4.29. The van der Waals surface area contributed by atoms with Crippen molar-refractivity contribution < 1.29 is 32.8 Å². The maximum atomic E-state index is 12.6. The van der Waals surface area contributed by atoms with Crippen LogP contribution in [0.2, 0.25) is 0 Å². The van der Waals surface area contributed by atoms with E-state index in [1.54, 1.807) is 0 Å². The summed E-state index contributed by atoms with van der Waals surface area (Å²) in [6.07, 6.45) is 61.6. The van der Waals surface area contributed by atoms with Gasteiger partial charge in [-0.25, -0.2) is 4.57 Å². The number of phosphoric ester groups is 1. The van der Waals surface area contributed by atoms with E-state index in [4.69, 9.17) is 24.3 Å². The fraction of sp³-hybridized carbons (Fsp3) is 0.830. The van der Waals surface area contributed by atoms with Crippen LogP contribution in [0.4, 0.5) is 0 Å². The Morgan fingerprint density at radius 3 is 1.35 bits per heavy atom. The van der Waals surface area contributed by atoms with E-state index in [9.17, 15) is 14.3 Å². The van der Waals surface area contributed by atoms with Gasteiger partial charge < -0.3 is 20.1 Å². The molecular weight excluding hydrogens is 794 g/mol. The normalized spacial score (nSPS) is 13.7. The number of allylic oxidation sites excluding steroid dienone is 8. The van der Waals surface area contributed by atoms with E-state index >= 15 is 0 Å². The van der Waals surface area contributed by atoms with E-state index < -0.39 is 13.9 Å². The molecule has 0 rings (SSSR count). The van der Waals surface area contributed by atoms with E-state index in [0.29, 0.717) is 13.0 Å². The number of carbonyl (C=O) groups is 1. The number of esters is 1. The average Bonchev–Trinajstić information content (AvgIpc) is 3.26. The van der Waals surface area contributed by atoms with E-state index in [2.05, 4.69) is 62.5 Å². The van der Waals surface area contributed by atoms with E-state index in [-0.39, 0.29) is 32.3 Å². The second-order valence-corrected chi connectivity index (χ2v) is 18.8. The lowest BCUT2D eigenvalue weighted by atomic mass is 10.0. The monoisotopic (exact) mass is 894 g/mol. The molecule has 0 saturated heterocycles. The third-order valence-electron chi connectivity index (χ3n) is 11.3. The van der Waals surface area contributed by atoms with Crippen LogP contribution in [-0.2, 0) is 27.9 Å². The smallest absolute Gasteiger partial charge is 0.457 e. The van der Waals surface area contributed by atoms with Gasteiger partial charge in [-0.05, 0) is 51.4 Å². The predicted molar refractivity (Wildman–Crippen MR) is 266 cm³/mol. The molecule has 9 heteroatoms. The Hall–Kier alpha value is -1.54. The zero-order valence-corrected chi connectivity index (χ0v) is 41.5. The van der Waals surface area contributed by atoms with Crippen molar-refractivity contribution in [3.05, 3.63) is 48.6 Å². The summed E-state index contributed by atoms with van der Waals surface area (Å²) < 4.78 is 33.6. The van der Waals surface area contributed by atoms with Gasteiger partial charge in [-0.3, -0.25) is 13.8 Å². The summed E-state index contributed by atoms with van der Waals surface area (Å²) in [5.74, 6) is -0.350. The van der Waals surface area contributed by atoms with Crippen molar-refractivity contribution in [2.45, 2.75) is 251 Å². The largest absolute Gasteiger partial charge is 0.472 e. The van der Waals surface area contributed by atoms with Gasteiger partial charge in [0.2, 0.25) is 0 Å². The van der Waals surface area contributed by atoms with Crippen molar-refractivity contribution in [2.24, 2.45) is 5.73 Å². The molecule has 364 valence electrons. The first-order valence-electron chi connectivity index (χ1n) is 26.1. The molecule has 0 aliphatic heterocycles. The minimum atomic E-state index is -4.29. The highest BCUT2D eigenvalue weighted by atomic mass is 31.2. The van der Waals surface area contributed by atoms with Crippen LogP contribution in [0.15, 0.2) is 48.6 Å². The van der Waals surface area contributed by atoms with Crippen LogP contribution in [0.1, 0.15) is 245 Å². The molecule has 62 heavy (non-hydrogen) atoms. The molecular formula is C53H100NO7P. The molecule has 0 aromatic carbocycles. The van der Waals surface area contributed by atoms with Gasteiger partial charge in [0.15, 0.2) is 0 Å². The summed E-state index contributed by atoms with van der Waals surface area (Å²) in [5.41, 5.74) is 5.39. The quantitative estimate of drug-likeness (QED) is 0.0268. The van der Waals surface area contributed by atoms with Crippen LogP contribution in [0.25, 0.3) is 0 Å². The molecule has 0 bridgehead atoms. The molecule has 8 nitrogen and oxygen atoms in total. The number of ether oxygens (including phenoxy) is 2. The molecule has 0 fully saturated rings. The second-order valence-electron chi connectivity index (χ2n) is 17.4. The first kappa shape index (κ1) is 60.5. The minimum Gasteiger partial charge on any atom is -0.457 e. The summed E-state index contributed by atoms with van der Waals surface area (Å²) in [5, 5.41) is 0. The number of nitrogens with two attached hydrogens (primary N) is 1. The number of hydrogen-bond donors (Lipinski definition) is 2. The molecule has 0 radical (unpaired) electrons. The van der Waals surface area contributed by atoms with E-state index in [1.807, 2.05) is 0 Å². The van der Waals surface area contributed by atoms with Crippen LogP contribution in [0.5, 0.6) is 0 Å². The van der Waals surface area contributed by atoms with Crippen LogP contribution in [-0.4, -0.2) is 49.9 Å². The Morgan fingerprint density at radius 1 is 0.500 bits per heavy atom. The zero-order chi connectivity index (χ0) is 45.1. The van der Waals surface area contributed by atoms with Crippen LogP contribution in [0.3, 0.4) is 0 Å². The van der Waals surface area contributed by atoms with Gasteiger partial charge in [0.25, 0.3) is 0 Å². The maximum Gasteiger partial charge on any atom is 0.472 e. The fourth-order valence-electron chi connectivity index (χ4n) is 7.46. The van der Waals surface area contributed by atoms with Crippen LogP contribution < -0.4 is 5.73 Å². The number of hydrogen-bond acceptors (Lipinski definition) is 7. The zero-order valence-electron chi connectivity index (χ0n) is 40.6. The first-order valence-corrected chi connectivity index (χ1v) is 27.6. The van der Waals surface area contributed by atoms with Crippen molar-refractivity contribution in [3.63, 3.8) is 0 Å². The molecule has 0 saturated carbocycles.